The van der Waals surface area contributed by atoms with Crippen LogP contribution in [0.5, 0.6) is 0 Å². The number of nitrogens with zero attached hydrogens (tertiary/aromatic N) is 2. The molecule has 0 aliphatic carbocycles. The molecule has 0 bridgehead atoms. The summed E-state index contributed by atoms with van der Waals surface area (Å²) in [4.78, 5) is 25.3. The molecule has 0 spiro atoms. The van der Waals surface area contributed by atoms with E-state index in [9.17, 15) is 22.4 Å². The number of piperidine rings is 1. The van der Waals surface area contributed by atoms with Gasteiger partial charge in [-0.1, -0.05) is 35.9 Å². The Morgan fingerprint density at radius 3 is 2.28 bits per heavy atom. The van der Waals surface area contributed by atoms with Crippen molar-refractivity contribution in [2.24, 2.45) is 11.0 Å². The molecule has 204 valence electrons. The van der Waals surface area contributed by atoms with Crippen molar-refractivity contribution in [2.45, 2.75) is 38.5 Å². The monoisotopic (exact) mass is 550 g/mol. The van der Waals surface area contributed by atoms with Crippen molar-refractivity contribution in [1.29, 1.82) is 0 Å². The number of hydrogen-bond donors (Lipinski definition) is 2. The summed E-state index contributed by atoms with van der Waals surface area (Å²) in [5, 5.41) is 6.92. The summed E-state index contributed by atoms with van der Waals surface area (Å²) in [5.41, 5.74) is 6.38. The van der Waals surface area contributed by atoms with Gasteiger partial charge in [0.1, 0.15) is 5.82 Å². The van der Waals surface area contributed by atoms with Crippen LogP contribution in [0, 0.1) is 25.6 Å². The van der Waals surface area contributed by atoms with E-state index in [0.717, 1.165) is 17.2 Å². The number of carbonyl (C=O) groups is 2. The minimum absolute atomic E-state index is 0.216. The molecule has 0 saturated carbocycles. The van der Waals surface area contributed by atoms with Crippen LogP contribution in [0.1, 0.15) is 46.8 Å². The molecule has 1 heterocycles. The predicted molar refractivity (Wildman–Crippen MR) is 149 cm³/mol. The van der Waals surface area contributed by atoms with E-state index >= 15 is 0 Å². The first kappa shape index (κ1) is 28.1. The zero-order valence-electron chi connectivity index (χ0n) is 22.1. The van der Waals surface area contributed by atoms with Crippen LogP contribution in [0.4, 0.5) is 10.1 Å². The molecule has 39 heavy (non-hydrogen) atoms. The van der Waals surface area contributed by atoms with Crippen LogP contribution in [0.2, 0.25) is 0 Å². The van der Waals surface area contributed by atoms with Crippen LogP contribution >= 0.6 is 0 Å². The Balaban J connectivity index is 1.30. The Labute approximate surface area is 228 Å². The normalized spacial score (nSPS) is 15.1. The van der Waals surface area contributed by atoms with Crippen molar-refractivity contribution in [2.75, 3.05) is 18.4 Å². The second-order valence-corrected chi connectivity index (χ2v) is 11.6. The quantitative estimate of drug-likeness (QED) is 0.330. The molecule has 3 aromatic rings. The van der Waals surface area contributed by atoms with Crippen molar-refractivity contribution >= 4 is 33.2 Å². The molecular formula is C29H31FN4O4S. The van der Waals surface area contributed by atoms with Crippen LogP contribution in [0.3, 0.4) is 0 Å². The first-order valence-electron chi connectivity index (χ1n) is 12.6. The highest BCUT2D eigenvalue weighted by Crippen LogP contribution is 2.26. The highest BCUT2D eigenvalue weighted by molar-refractivity contribution is 7.89. The SMILES string of the molecule is C/C(=N\NC(=O)C1CCN(S(=O)(=O)c2ccc(C)cc2C)CC1)c1ccc(NC(=O)c2cccc(F)c2)cc1. The third-order valence-electron chi connectivity index (χ3n) is 6.75. The van der Waals surface area contributed by atoms with Crippen molar-refractivity contribution in [3.63, 3.8) is 0 Å². The molecule has 0 radical (unpaired) electrons. The third-order valence-corrected chi connectivity index (χ3v) is 8.81. The van der Waals surface area contributed by atoms with Gasteiger partial charge in [-0.25, -0.2) is 18.2 Å². The van der Waals surface area contributed by atoms with E-state index in [0.29, 0.717) is 34.7 Å². The molecule has 1 saturated heterocycles. The Kier molecular flexibility index (Phi) is 8.57. The molecule has 2 N–H and O–H groups in total. The molecule has 0 aromatic heterocycles. The minimum Gasteiger partial charge on any atom is -0.322 e. The number of benzene rings is 3. The standard InChI is InChI=1S/C29H31FN4O4S/c1-19-7-12-27(20(2)17-19)39(37,38)34-15-13-23(14-16-34)29(36)33-32-21(3)22-8-10-26(11-9-22)31-28(35)24-5-4-6-25(30)18-24/h4-12,17-18,23H,13-16H2,1-3H3,(H,31,35)(H,33,36)/b32-21+. The van der Waals surface area contributed by atoms with Crippen molar-refractivity contribution < 1.29 is 22.4 Å². The Bertz CT molecular complexity index is 1510. The lowest BCUT2D eigenvalue weighted by atomic mass is 9.98. The van der Waals surface area contributed by atoms with Gasteiger partial charge in [-0.2, -0.15) is 9.41 Å². The van der Waals surface area contributed by atoms with Gasteiger partial charge in [0.15, 0.2) is 0 Å². The molecule has 2 amide bonds. The van der Waals surface area contributed by atoms with Crippen LogP contribution in [0.15, 0.2) is 76.7 Å². The maximum absolute atomic E-state index is 13.4. The number of carbonyl (C=O) groups excluding carboxylic acids is 2. The zero-order chi connectivity index (χ0) is 28.2. The molecular weight excluding hydrogens is 519 g/mol. The Morgan fingerprint density at radius 2 is 1.64 bits per heavy atom. The summed E-state index contributed by atoms with van der Waals surface area (Å²) in [7, 11) is -3.62. The van der Waals surface area contributed by atoms with E-state index in [1.54, 1.807) is 50.2 Å². The molecule has 1 aliphatic rings. The van der Waals surface area contributed by atoms with E-state index in [-0.39, 0.29) is 30.5 Å². The zero-order valence-corrected chi connectivity index (χ0v) is 22.9. The molecule has 1 aliphatic heterocycles. The van der Waals surface area contributed by atoms with E-state index in [2.05, 4.69) is 15.8 Å². The van der Waals surface area contributed by atoms with E-state index in [1.807, 2.05) is 13.0 Å². The number of aryl methyl sites for hydroxylation is 2. The fraction of sp³-hybridized carbons (Fsp3) is 0.276. The maximum Gasteiger partial charge on any atom is 0.255 e. The minimum atomic E-state index is -3.62. The number of amides is 2. The summed E-state index contributed by atoms with van der Waals surface area (Å²) < 4.78 is 41.0. The number of nitrogens with one attached hydrogen (secondary N) is 2. The first-order valence-corrected chi connectivity index (χ1v) is 14.1. The van der Waals surface area contributed by atoms with E-state index in [1.165, 1.54) is 22.5 Å². The molecule has 4 rings (SSSR count). The predicted octanol–water partition coefficient (Wildman–Crippen LogP) is 4.64. The number of anilines is 1. The highest BCUT2D eigenvalue weighted by Gasteiger charge is 2.32. The van der Waals surface area contributed by atoms with Gasteiger partial charge >= 0.3 is 0 Å². The fourth-order valence-corrected chi connectivity index (χ4v) is 6.18. The highest BCUT2D eigenvalue weighted by atomic mass is 32.2. The van der Waals surface area contributed by atoms with Gasteiger partial charge < -0.3 is 5.32 Å². The second-order valence-electron chi connectivity index (χ2n) is 9.66. The van der Waals surface area contributed by atoms with Crippen LogP contribution in [0.25, 0.3) is 0 Å². The second kappa shape index (κ2) is 11.9. The molecule has 3 aromatic carbocycles. The third kappa shape index (κ3) is 6.76. The molecule has 0 atom stereocenters. The molecule has 10 heteroatoms. The van der Waals surface area contributed by atoms with Crippen molar-refractivity contribution in [1.82, 2.24) is 9.73 Å². The number of hydrazone groups is 1. The van der Waals surface area contributed by atoms with Gasteiger partial charge in [0, 0.05) is 30.3 Å². The smallest absolute Gasteiger partial charge is 0.255 e. The van der Waals surface area contributed by atoms with Gasteiger partial charge in [-0.15, -0.1) is 0 Å². The average molecular weight is 551 g/mol. The first-order chi connectivity index (χ1) is 18.5. The fourth-order valence-electron chi connectivity index (χ4n) is 4.51. The number of halogens is 1. The summed E-state index contributed by atoms with van der Waals surface area (Å²) in [5.74, 6) is -1.50. The van der Waals surface area contributed by atoms with E-state index < -0.39 is 21.7 Å². The lowest BCUT2D eigenvalue weighted by Gasteiger charge is -2.30. The summed E-state index contributed by atoms with van der Waals surface area (Å²) in [6.07, 6.45) is 0.814. The van der Waals surface area contributed by atoms with Gasteiger partial charge in [-0.3, -0.25) is 9.59 Å². The number of hydrogen-bond acceptors (Lipinski definition) is 5. The largest absolute Gasteiger partial charge is 0.322 e. The summed E-state index contributed by atoms with van der Waals surface area (Å²) in [6, 6.07) is 17.6. The van der Waals surface area contributed by atoms with Gasteiger partial charge in [-0.05, 0) is 81.1 Å². The van der Waals surface area contributed by atoms with Crippen molar-refractivity contribution in [3.8, 4) is 0 Å². The van der Waals surface area contributed by atoms with E-state index in [4.69, 9.17) is 0 Å². The maximum atomic E-state index is 13.4. The van der Waals surface area contributed by atoms with Gasteiger partial charge in [0.05, 0.1) is 10.6 Å². The lowest BCUT2D eigenvalue weighted by molar-refractivity contribution is -0.126. The molecule has 0 unspecified atom stereocenters. The van der Waals surface area contributed by atoms with Crippen molar-refractivity contribution in [3.05, 3.63) is 94.8 Å². The lowest BCUT2D eigenvalue weighted by Crippen LogP contribution is -2.42. The Morgan fingerprint density at radius 1 is 0.949 bits per heavy atom. The molecule has 1 fully saturated rings. The van der Waals surface area contributed by atoms with Crippen LogP contribution in [-0.4, -0.2) is 43.3 Å². The van der Waals surface area contributed by atoms with Gasteiger partial charge in [0.25, 0.3) is 5.91 Å². The van der Waals surface area contributed by atoms with Crippen LogP contribution in [-0.2, 0) is 14.8 Å². The summed E-state index contributed by atoms with van der Waals surface area (Å²) >= 11 is 0. The Hall–Kier alpha value is -3.89. The van der Waals surface area contributed by atoms with Crippen LogP contribution < -0.4 is 10.7 Å². The average Bonchev–Trinajstić information content (AvgIpc) is 2.91. The number of rotatable bonds is 7. The topological polar surface area (TPSA) is 108 Å². The van der Waals surface area contributed by atoms with Gasteiger partial charge in [0.2, 0.25) is 15.9 Å². The number of sulfonamides is 1. The summed E-state index contributed by atoms with van der Waals surface area (Å²) in [6.45, 7) is 5.98. The molecule has 8 nitrogen and oxygen atoms in total.